The van der Waals surface area contributed by atoms with Crippen molar-refractivity contribution in [2.75, 3.05) is 12.4 Å². The topological polar surface area (TPSA) is 85.4 Å². The van der Waals surface area contributed by atoms with E-state index in [1.807, 2.05) is 45.9 Å². The number of fused-ring (bicyclic) bond motifs is 1. The van der Waals surface area contributed by atoms with Crippen LogP contribution in [0.25, 0.3) is 22.0 Å². The molecule has 1 aromatic heterocycles. The maximum Gasteiger partial charge on any atom is 0.407 e. The molecule has 7 nitrogen and oxygen atoms in total. The third-order valence-corrected chi connectivity index (χ3v) is 5.86. The highest BCUT2D eigenvalue weighted by Gasteiger charge is 2.28. The highest BCUT2D eigenvalue weighted by molar-refractivity contribution is 5.88. The van der Waals surface area contributed by atoms with Crippen LogP contribution in [0.1, 0.15) is 45.7 Å². The molecule has 2 N–H and O–H groups in total. The molecule has 2 aromatic carbocycles. The maximum atomic E-state index is 14.6. The molecule has 0 spiro atoms. The highest BCUT2D eigenvalue weighted by atomic mass is 19.1. The second kappa shape index (κ2) is 9.44. The van der Waals surface area contributed by atoms with Gasteiger partial charge in [0.2, 0.25) is 5.95 Å². The van der Waals surface area contributed by atoms with Gasteiger partial charge < -0.3 is 20.1 Å². The number of carbonyl (C=O) groups excluding carboxylic acids is 1. The Labute approximate surface area is 199 Å². The van der Waals surface area contributed by atoms with E-state index in [0.29, 0.717) is 22.8 Å². The van der Waals surface area contributed by atoms with Crippen molar-refractivity contribution in [3.63, 3.8) is 0 Å². The second-order valence-corrected chi connectivity index (χ2v) is 9.68. The number of amides is 1. The number of carbonyl (C=O) groups is 1. The van der Waals surface area contributed by atoms with E-state index in [9.17, 15) is 9.18 Å². The Balaban J connectivity index is 1.48. The van der Waals surface area contributed by atoms with E-state index in [0.717, 1.165) is 35.9 Å². The summed E-state index contributed by atoms with van der Waals surface area (Å²) in [6.45, 7) is 7.46. The van der Waals surface area contributed by atoms with Crippen LogP contribution in [0.4, 0.5) is 15.1 Å². The van der Waals surface area contributed by atoms with Crippen molar-refractivity contribution in [3.05, 3.63) is 47.9 Å². The van der Waals surface area contributed by atoms with Crippen LogP contribution < -0.4 is 15.4 Å². The monoisotopic (exact) mass is 466 g/mol. The number of ether oxygens (including phenoxy) is 2. The lowest BCUT2D eigenvalue weighted by Gasteiger charge is -2.22. The first kappa shape index (κ1) is 23.7. The quantitative estimate of drug-likeness (QED) is 0.508. The molecule has 1 aliphatic rings. The van der Waals surface area contributed by atoms with E-state index >= 15 is 0 Å². The van der Waals surface area contributed by atoms with Crippen LogP contribution in [0.5, 0.6) is 5.75 Å². The molecule has 4 rings (SSSR count). The van der Waals surface area contributed by atoms with Gasteiger partial charge in [0.15, 0.2) is 0 Å². The molecule has 0 unspecified atom stereocenters. The predicted octanol–water partition coefficient (Wildman–Crippen LogP) is 5.61. The number of aryl methyl sites for hydroxylation is 1. The Morgan fingerprint density at radius 3 is 2.62 bits per heavy atom. The van der Waals surface area contributed by atoms with E-state index in [2.05, 4.69) is 20.6 Å². The maximum absolute atomic E-state index is 14.6. The molecule has 0 aliphatic heterocycles. The lowest BCUT2D eigenvalue weighted by molar-refractivity contribution is 0.0505. The van der Waals surface area contributed by atoms with Gasteiger partial charge >= 0.3 is 6.09 Å². The number of benzene rings is 2. The van der Waals surface area contributed by atoms with Crippen LogP contribution in [-0.4, -0.2) is 40.9 Å². The van der Waals surface area contributed by atoms with Crippen LogP contribution in [-0.2, 0) is 4.74 Å². The molecule has 1 fully saturated rings. The molecular weight excluding hydrogens is 435 g/mol. The Kier molecular flexibility index (Phi) is 6.59. The van der Waals surface area contributed by atoms with Gasteiger partial charge in [-0.3, -0.25) is 0 Å². The lowest BCUT2D eigenvalue weighted by Crippen LogP contribution is -2.38. The highest BCUT2D eigenvalue weighted by Crippen LogP contribution is 2.34. The molecular formula is C26H31FN4O3. The first-order valence-corrected chi connectivity index (χ1v) is 11.5. The minimum Gasteiger partial charge on any atom is -0.496 e. The molecule has 1 aliphatic carbocycles. The molecule has 34 heavy (non-hydrogen) atoms. The van der Waals surface area contributed by atoms with Crippen molar-refractivity contribution < 1.29 is 18.7 Å². The van der Waals surface area contributed by atoms with Gasteiger partial charge in [0, 0.05) is 17.5 Å². The van der Waals surface area contributed by atoms with Crippen LogP contribution in [0.2, 0.25) is 0 Å². The Hall–Kier alpha value is -3.42. The van der Waals surface area contributed by atoms with Gasteiger partial charge in [-0.25, -0.2) is 19.2 Å². The summed E-state index contributed by atoms with van der Waals surface area (Å²) in [7, 11) is 1.53. The zero-order chi connectivity index (χ0) is 24.5. The van der Waals surface area contributed by atoms with E-state index < -0.39 is 11.7 Å². The SMILES string of the molecule is COc1cccc(F)c1-c1ccc2nc(N[C@@H]3CC[C@H](NC(=O)OC(C)(C)C)C3)nc(C)c2c1. The van der Waals surface area contributed by atoms with Gasteiger partial charge in [0.1, 0.15) is 17.2 Å². The van der Waals surface area contributed by atoms with Crippen molar-refractivity contribution in [2.24, 2.45) is 0 Å². The van der Waals surface area contributed by atoms with Crippen LogP contribution in [0.15, 0.2) is 36.4 Å². The fraction of sp³-hybridized carbons (Fsp3) is 0.423. The zero-order valence-electron chi connectivity index (χ0n) is 20.2. The minimum atomic E-state index is -0.520. The Morgan fingerprint density at radius 2 is 1.88 bits per heavy atom. The summed E-state index contributed by atoms with van der Waals surface area (Å²) in [5, 5.41) is 7.20. The molecule has 1 amide bonds. The lowest BCUT2D eigenvalue weighted by atomic mass is 10.0. The number of methoxy groups -OCH3 is 1. The fourth-order valence-corrected chi connectivity index (χ4v) is 4.36. The van der Waals surface area contributed by atoms with Crippen molar-refractivity contribution in [2.45, 2.75) is 64.6 Å². The molecule has 0 bridgehead atoms. The number of anilines is 1. The second-order valence-electron chi connectivity index (χ2n) is 9.68. The summed E-state index contributed by atoms with van der Waals surface area (Å²) in [6.07, 6.45) is 2.13. The zero-order valence-corrected chi connectivity index (χ0v) is 20.2. The van der Waals surface area contributed by atoms with Crippen molar-refractivity contribution >= 4 is 22.9 Å². The Morgan fingerprint density at radius 1 is 1.12 bits per heavy atom. The predicted molar refractivity (Wildman–Crippen MR) is 131 cm³/mol. The minimum absolute atomic E-state index is 0.0483. The summed E-state index contributed by atoms with van der Waals surface area (Å²) in [5.41, 5.74) is 2.18. The summed E-state index contributed by atoms with van der Waals surface area (Å²) < 4.78 is 25.3. The number of halogens is 1. The van der Waals surface area contributed by atoms with E-state index in [1.54, 1.807) is 12.1 Å². The summed E-state index contributed by atoms with van der Waals surface area (Å²) in [4.78, 5) is 21.4. The van der Waals surface area contributed by atoms with E-state index in [4.69, 9.17) is 9.47 Å². The molecule has 1 saturated carbocycles. The summed E-state index contributed by atoms with van der Waals surface area (Å²) in [5.74, 6) is 0.683. The number of nitrogens with one attached hydrogen (secondary N) is 2. The van der Waals surface area contributed by atoms with Crippen LogP contribution in [0, 0.1) is 12.7 Å². The van der Waals surface area contributed by atoms with Gasteiger partial charge in [-0.1, -0.05) is 12.1 Å². The van der Waals surface area contributed by atoms with Crippen molar-refractivity contribution in [1.82, 2.24) is 15.3 Å². The number of nitrogens with zero attached hydrogens (tertiary/aromatic N) is 2. The fourth-order valence-electron chi connectivity index (χ4n) is 4.36. The van der Waals surface area contributed by atoms with Gasteiger partial charge in [-0.05, 0) is 76.8 Å². The van der Waals surface area contributed by atoms with Gasteiger partial charge in [0.05, 0.1) is 23.9 Å². The third-order valence-electron chi connectivity index (χ3n) is 5.86. The average Bonchev–Trinajstić information content (AvgIpc) is 3.18. The molecule has 0 saturated heterocycles. The van der Waals surface area contributed by atoms with Crippen LogP contribution >= 0.6 is 0 Å². The number of rotatable bonds is 5. The van der Waals surface area contributed by atoms with E-state index in [1.165, 1.54) is 13.2 Å². The summed E-state index contributed by atoms with van der Waals surface area (Å²) in [6, 6.07) is 10.6. The third kappa shape index (κ3) is 5.38. The van der Waals surface area contributed by atoms with Crippen LogP contribution in [0.3, 0.4) is 0 Å². The van der Waals surface area contributed by atoms with E-state index in [-0.39, 0.29) is 17.9 Å². The average molecular weight is 467 g/mol. The molecule has 2 atom stereocenters. The molecule has 0 radical (unpaired) electrons. The normalized spacial score (nSPS) is 18.1. The smallest absolute Gasteiger partial charge is 0.407 e. The van der Waals surface area contributed by atoms with Gasteiger partial charge in [0.25, 0.3) is 0 Å². The molecule has 8 heteroatoms. The Bertz CT molecular complexity index is 1210. The molecule has 180 valence electrons. The first-order chi connectivity index (χ1) is 16.1. The number of alkyl carbamates (subject to hydrolysis) is 1. The van der Waals surface area contributed by atoms with Gasteiger partial charge in [-0.2, -0.15) is 0 Å². The van der Waals surface area contributed by atoms with Crippen molar-refractivity contribution in [3.8, 4) is 16.9 Å². The number of hydrogen-bond donors (Lipinski definition) is 2. The van der Waals surface area contributed by atoms with Crippen molar-refractivity contribution in [1.29, 1.82) is 0 Å². The molecule has 3 aromatic rings. The first-order valence-electron chi connectivity index (χ1n) is 11.5. The number of aromatic nitrogens is 2. The standard InChI is InChI=1S/C26H31FN4O3/c1-15-19-13-16(23-20(27)7-6-8-22(23)33-5)9-12-21(19)31-24(28-15)29-17-10-11-18(14-17)30-25(32)34-26(2,3)4/h6-9,12-13,17-18H,10-11,14H2,1-5H3,(H,30,32)(H,28,29,31)/t17-,18+/m1/s1. The number of hydrogen-bond acceptors (Lipinski definition) is 6. The largest absolute Gasteiger partial charge is 0.496 e. The molecule has 1 heterocycles. The summed E-state index contributed by atoms with van der Waals surface area (Å²) >= 11 is 0. The van der Waals surface area contributed by atoms with Gasteiger partial charge in [-0.15, -0.1) is 0 Å².